The fourth-order valence-corrected chi connectivity index (χ4v) is 2.79. The largest absolute Gasteiger partial charge is 0.497 e. The molecule has 0 aliphatic carbocycles. The predicted molar refractivity (Wildman–Crippen MR) is 94.2 cm³/mol. The topological polar surface area (TPSA) is 36.0 Å². The first-order valence-electron chi connectivity index (χ1n) is 8.49. The zero-order valence-corrected chi connectivity index (χ0v) is 14.6. The van der Waals surface area contributed by atoms with Gasteiger partial charge in [-0.05, 0) is 30.7 Å². The van der Waals surface area contributed by atoms with Crippen LogP contribution in [0.3, 0.4) is 0 Å². The highest BCUT2D eigenvalue weighted by Gasteiger charge is 2.20. The highest BCUT2D eigenvalue weighted by Crippen LogP contribution is 2.20. The van der Waals surface area contributed by atoms with Crippen molar-refractivity contribution in [1.29, 1.82) is 0 Å². The summed E-state index contributed by atoms with van der Waals surface area (Å²) in [7, 11) is 3.59. The molecule has 5 heteroatoms. The molecule has 1 amide bonds. The molecule has 1 aliphatic heterocycles. The van der Waals surface area contributed by atoms with Gasteiger partial charge in [-0.3, -0.25) is 9.69 Å². The van der Waals surface area contributed by atoms with Gasteiger partial charge in [0.2, 0.25) is 5.91 Å². The monoisotopic (exact) mass is 319 g/mol. The van der Waals surface area contributed by atoms with Crippen molar-refractivity contribution < 1.29 is 9.53 Å². The van der Waals surface area contributed by atoms with E-state index in [0.29, 0.717) is 6.54 Å². The summed E-state index contributed by atoms with van der Waals surface area (Å²) in [6.07, 6.45) is 2.20. The maximum Gasteiger partial charge on any atom is 0.236 e. The highest BCUT2D eigenvalue weighted by atomic mass is 16.5. The Kier molecular flexibility index (Phi) is 6.71. The highest BCUT2D eigenvalue weighted by molar-refractivity contribution is 5.78. The summed E-state index contributed by atoms with van der Waals surface area (Å²) in [5.74, 6) is 1.12. The molecule has 1 aromatic rings. The molecule has 0 spiro atoms. The van der Waals surface area contributed by atoms with E-state index in [1.807, 2.05) is 24.1 Å². The third-order valence-electron chi connectivity index (χ3n) is 4.44. The number of unbranched alkanes of at least 4 members (excludes halogenated alkanes) is 1. The first-order valence-corrected chi connectivity index (χ1v) is 8.49. The third kappa shape index (κ3) is 5.13. The Balaban J connectivity index is 1.78. The number of nitrogens with zero attached hydrogens (tertiary/aromatic N) is 3. The third-order valence-corrected chi connectivity index (χ3v) is 4.44. The minimum atomic E-state index is 0.233. The Hall–Kier alpha value is -1.75. The van der Waals surface area contributed by atoms with Crippen LogP contribution in [0.5, 0.6) is 5.75 Å². The van der Waals surface area contributed by atoms with Crippen LogP contribution < -0.4 is 9.64 Å². The van der Waals surface area contributed by atoms with Crippen LogP contribution in [0.4, 0.5) is 5.69 Å². The molecule has 0 aromatic heterocycles. The summed E-state index contributed by atoms with van der Waals surface area (Å²) in [4.78, 5) is 18.7. The normalized spacial score (nSPS) is 15.5. The molecule has 0 unspecified atom stereocenters. The smallest absolute Gasteiger partial charge is 0.236 e. The molecule has 128 valence electrons. The van der Waals surface area contributed by atoms with Crippen LogP contribution in [0.25, 0.3) is 0 Å². The second-order valence-corrected chi connectivity index (χ2v) is 6.13. The molecule has 0 N–H and O–H groups in total. The number of likely N-dealkylation sites (N-methyl/N-ethyl adjacent to an activating group) is 1. The number of anilines is 1. The molecule has 2 rings (SSSR count). The van der Waals surface area contributed by atoms with Crippen molar-refractivity contribution in [2.45, 2.75) is 19.8 Å². The lowest BCUT2D eigenvalue weighted by Crippen LogP contribution is -2.49. The van der Waals surface area contributed by atoms with Gasteiger partial charge in [0, 0.05) is 45.5 Å². The lowest BCUT2D eigenvalue weighted by atomic mass is 10.2. The number of hydrogen-bond donors (Lipinski definition) is 0. The SMILES string of the molecule is CCCCN(C)C(=O)CN1CCN(c2ccc(OC)cc2)CC1. The second kappa shape index (κ2) is 8.77. The summed E-state index contributed by atoms with van der Waals surface area (Å²) < 4.78 is 5.20. The van der Waals surface area contributed by atoms with Gasteiger partial charge < -0.3 is 14.5 Å². The van der Waals surface area contributed by atoms with Crippen LogP contribution in [0.2, 0.25) is 0 Å². The van der Waals surface area contributed by atoms with Crippen molar-refractivity contribution in [2.24, 2.45) is 0 Å². The number of carbonyl (C=O) groups is 1. The fourth-order valence-electron chi connectivity index (χ4n) is 2.79. The summed E-state index contributed by atoms with van der Waals surface area (Å²) in [5.41, 5.74) is 1.22. The van der Waals surface area contributed by atoms with Gasteiger partial charge >= 0.3 is 0 Å². The van der Waals surface area contributed by atoms with E-state index in [-0.39, 0.29) is 5.91 Å². The average Bonchev–Trinajstić information content (AvgIpc) is 2.60. The van der Waals surface area contributed by atoms with Crippen molar-refractivity contribution in [3.05, 3.63) is 24.3 Å². The summed E-state index contributed by atoms with van der Waals surface area (Å²) in [6.45, 7) is 7.32. The molecular formula is C18H29N3O2. The lowest BCUT2D eigenvalue weighted by molar-refractivity contribution is -0.131. The Labute approximate surface area is 139 Å². The molecule has 5 nitrogen and oxygen atoms in total. The molecular weight excluding hydrogens is 290 g/mol. The minimum absolute atomic E-state index is 0.233. The van der Waals surface area contributed by atoms with Crippen molar-refractivity contribution in [2.75, 3.05) is 58.3 Å². The van der Waals surface area contributed by atoms with Gasteiger partial charge in [0.15, 0.2) is 0 Å². The summed E-state index contributed by atoms with van der Waals surface area (Å²) >= 11 is 0. The van der Waals surface area contributed by atoms with E-state index in [9.17, 15) is 4.79 Å². The molecule has 0 radical (unpaired) electrons. The van der Waals surface area contributed by atoms with Crippen LogP contribution in [0.1, 0.15) is 19.8 Å². The average molecular weight is 319 g/mol. The number of methoxy groups -OCH3 is 1. The van der Waals surface area contributed by atoms with Crippen molar-refractivity contribution in [3.63, 3.8) is 0 Å². The molecule has 1 saturated heterocycles. The number of hydrogen-bond acceptors (Lipinski definition) is 4. The van der Waals surface area contributed by atoms with E-state index in [4.69, 9.17) is 4.74 Å². The second-order valence-electron chi connectivity index (χ2n) is 6.13. The van der Waals surface area contributed by atoms with Gasteiger partial charge in [0.25, 0.3) is 0 Å². The predicted octanol–water partition coefficient (Wildman–Crippen LogP) is 2.08. The number of carbonyl (C=O) groups excluding carboxylic acids is 1. The van der Waals surface area contributed by atoms with Gasteiger partial charge in [-0.15, -0.1) is 0 Å². The number of rotatable bonds is 7. The van der Waals surface area contributed by atoms with Gasteiger partial charge in [-0.25, -0.2) is 0 Å². The number of benzene rings is 1. The zero-order valence-electron chi connectivity index (χ0n) is 14.6. The number of piperazine rings is 1. The first kappa shape index (κ1) is 17.6. The van der Waals surface area contributed by atoms with Crippen molar-refractivity contribution >= 4 is 11.6 Å². The van der Waals surface area contributed by atoms with E-state index < -0.39 is 0 Å². The van der Waals surface area contributed by atoms with E-state index >= 15 is 0 Å². The molecule has 0 saturated carbocycles. The van der Waals surface area contributed by atoms with Crippen molar-refractivity contribution in [1.82, 2.24) is 9.80 Å². The van der Waals surface area contributed by atoms with E-state index in [1.54, 1.807) is 7.11 Å². The lowest BCUT2D eigenvalue weighted by Gasteiger charge is -2.36. The quantitative estimate of drug-likeness (QED) is 0.771. The standard InChI is InChI=1S/C18H29N3O2/c1-4-5-10-19(2)18(22)15-20-11-13-21(14-12-20)16-6-8-17(23-3)9-7-16/h6-9H,4-5,10-15H2,1-3H3. The van der Waals surface area contributed by atoms with Crippen LogP contribution in [0, 0.1) is 0 Å². The summed E-state index contributed by atoms with van der Waals surface area (Å²) in [6, 6.07) is 8.18. The number of amides is 1. The molecule has 1 aromatic carbocycles. The van der Waals surface area contributed by atoms with Crippen LogP contribution in [-0.4, -0.2) is 69.1 Å². The first-order chi connectivity index (χ1) is 11.1. The van der Waals surface area contributed by atoms with Crippen LogP contribution >= 0.6 is 0 Å². The molecule has 1 aliphatic rings. The molecule has 23 heavy (non-hydrogen) atoms. The Morgan fingerprint density at radius 2 is 1.83 bits per heavy atom. The van der Waals surface area contributed by atoms with Gasteiger partial charge in [-0.1, -0.05) is 13.3 Å². The molecule has 0 atom stereocenters. The van der Waals surface area contributed by atoms with E-state index in [2.05, 4.69) is 28.9 Å². The molecule has 0 bridgehead atoms. The van der Waals surface area contributed by atoms with Crippen LogP contribution in [-0.2, 0) is 4.79 Å². The molecule has 1 heterocycles. The van der Waals surface area contributed by atoms with Gasteiger partial charge in [0.1, 0.15) is 5.75 Å². The summed E-state index contributed by atoms with van der Waals surface area (Å²) in [5, 5.41) is 0. The molecule has 1 fully saturated rings. The van der Waals surface area contributed by atoms with Gasteiger partial charge in [-0.2, -0.15) is 0 Å². The zero-order chi connectivity index (χ0) is 16.7. The van der Waals surface area contributed by atoms with Crippen LogP contribution in [0.15, 0.2) is 24.3 Å². The van der Waals surface area contributed by atoms with Crippen molar-refractivity contribution in [3.8, 4) is 5.75 Å². The Bertz CT molecular complexity index is 482. The fraction of sp³-hybridized carbons (Fsp3) is 0.611. The maximum atomic E-state index is 12.2. The number of ether oxygens (including phenoxy) is 1. The maximum absolute atomic E-state index is 12.2. The Morgan fingerprint density at radius 1 is 1.17 bits per heavy atom. The minimum Gasteiger partial charge on any atom is -0.497 e. The Morgan fingerprint density at radius 3 is 2.39 bits per heavy atom. The van der Waals surface area contributed by atoms with E-state index in [0.717, 1.165) is 51.3 Å². The van der Waals surface area contributed by atoms with E-state index in [1.165, 1.54) is 5.69 Å². The van der Waals surface area contributed by atoms with Gasteiger partial charge in [0.05, 0.1) is 13.7 Å².